The molecule has 150 valence electrons. The van der Waals surface area contributed by atoms with E-state index in [1.54, 1.807) is 12.3 Å². The number of allylic oxidation sites excluding steroid dienone is 1. The number of hydrogen-bond acceptors (Lipinski definition) is 5. The Kier molecular flexibility index (Phi) is 10.7. The number of ether oxygens (including phenoxy) is 3. The summed E-state index contributed by atoms with van der Waals surface area (Å²) in [5.74, 6) is -0.235. The maximum atomic E-state index is 11.8. The smallest absolute Gasteiger partial charge is 0.330 e. The molecule has 1 saturated heterocycles. The second kappa shape index (κ2) is 13.4. The van der Waals surface area contributed by atoms with Crippen LogP contribution in [0.4, 0.5) is 0 Å². The molecule has 2 heterocycles. The molecule has 0 aliphatic carbocycles. The van der Waals surface area contributed by atoms with E-state index >= 15 is 0 Å². The molecule has 5 nitrogen and oxygen atoms in total. The van der Waals surface area contributed by atoms with Gasteiger partial charge in [0.05, 0.1) is 6.61 Å². The van der Waals surface area contributed by atoms with Gasteiger partial charge >= 0.3 is 5.97 Å². The number of pyridine rings is 1. The highest BCUT2D eigenvalue weighted by Gasteiger charge is 2.13. The number of carbonyl (C=O) groups is 1. The van der Waals surface area contributed by atoms with Gasteiger partial charge in [-0.25, -0.2) is 4.79 Å². The van der Waals surface area contributed by atoms with Gasteiger partial charge in [0.2, 0.25) is 0 Å². The summed E-state index contributed by atoms with van der Waals surface area (Å²) in [5.41, 5.74) is 2.39. The molecule has 2 rings (SSSR count). The quantitative estimate of drug-likeness (QED) is 0.303. The molecule has 27 heavy (non-hydrogen) atoms. The minimum absolute atomic E-state index is 0.0206. The lowest BCUT2D eigenvalue weighted by atomic mass is 10.0. The van der Waals surface area contributed by atoms with E-state index in [1.165, 1.54) is 12.0 Å². The largest absolute Gasteiger partial charge is 0.463 e. The Morgan fingerprint density at radius 2 is 2.19 bits per heavy atom. The third-order valence-electron chi connectivity index (χ3n) is 4.63. The predicted molar refractivity (Wildman–Crippen MR) is 105 cm³/mol. The van der Waals surface area contributed by atoms with Gasteiger partial charge in [-0.15, -0.1) is 0 Å². The number of esters is 1. The van der Waals surface area contributed by atoms with Crippen molar-refractivity contribution in [3.8, 4) is 0 Å². The van der Waals surface area contributed by atoms with Crippen LogP contribution in [0.3, 0.4) is 0 Å². The lowest BCUT2D eigenvalue weighted by Gasteiger charge is -2.22. The van der Waals surface area contributed by atoms with Crippen LogP contribution in [0.5, 0.6) is 0 Å². The highest BCUT2D eigenvalue weighted by molar-refractivity contribution is 5.82. The summed E-state index contributed by atoms with van der Waals surface area (Å²) in [6, 6.07) is 4.05. The van der Waals surface area contributed by atoms with Gasteiger partial charge in [-0.1, -0.05) is 11.6 Å². The SMILES string of the molecule is CCOC(=O)/C=C(/CCCCOC1CCCCO1)CCCc1cccnc1. The minimum atomic E-state index is -0.235. The lowest BCUT2D eigenvalue weighted by molar-refractivity contribution is -0.162. The molecule has 0 amide bonds. The van der Waals surface area contributed by atoms with E-state index in [9.17, 15) is 4.79 Å². The van der Waals surface area contributed by atoms with Crippen molar-refractivity contribution in [2.75, 3.05) is 19.8 Å². The van der Waals surface area contributed by atoms with Crippen molar-refractivity contribution in [2.24, 2.45) is 0 Å². The molecule has 0 N–H and O–H groups in total. The summed E-state index contributed by atoms with van der Waals surface area (Å²) in [6.45, 7) is 3.77. The number of carbonyl (C=O) groups excluding carboxylic acids is 1. The maximum Gasteiger partial charge on any atom is 0.330 e. The Morgan fingerprint density at radius 3 is 2.93 bits per heavy atom. The Labute approximate surface area is 163 Å². The van der Waals surface area contributed by atoms with E-state index in [0.29, 0.717) is 13.2 Å². The zero-order valence-corrected chi connectivity index (χ0v) is 16.5. The third kappa shape index (κ3) is 9.68. The predicted octanol–water partition coefficient (Wildman–Crippen LogP) is 4.61. The summed E-state index contributed by atoms with van der Waals surface area (Å²) < 4.78 is 16.4. The first kappa shape index (κ1) is 21.6. The van der Waals surface area contributed by atoms with E-state index in [4.69, 9.17) is 14.2 Å². The van der Waals surface area contributed by atoms with E-state index in [0.717, 1.165) is 63.5 Å². The fourth-order valence-corrected chi connectivity index (χ4v) is 3.20. The molecule has 0 bridgehead atoms. The van der Waals surface area contributed by atoms with E-state index in [-0.39, 0.29) is 12.3 Å². The van der Waals surface area contributed by atoms with Crippen LogP contribution in [-0.4, -0.2) is 37.1 Å². The highest BCUT2D eigenvalue weighted by Crippen LogP contribution is 2.18. The monoisotopic (exact) mass is 375 g/mol. The van der Waals surface area contributed by atoms with Crippen molar-refractivity contribution in [3.63, 3.8) is 0 Å². The number of nitrogens with zero attached hydrogens (tertiary/aromatic N) is 1. The number of hydrogen-bond donors (Lipinski definition) is 0. The Morgan fingerprint density at radius 1 is 1.30 bits per heavy atom. The number of aromatic nitrogens is 1. The summed E-state index contributed by atoms with van der Waals surface area (Å²) >= 11 is 0. The van der Waals surface area contributed by atoms with Crippen molar-refractivity contribution in [1.29, 1.82) is 0 Å². The standard InChI is InChI=1S/C22H33NO4/c1-2-25-21(24)17-19(10-7-11-20-12-8-14-23-18-20)9-3-5-15-26-22-13-4-6-16-27-22/h8,12,14,17-18,22H,2-7,9-11,13,15-16H2,1H3/b19-17-. The molecule has 0 spiro atoms. The average Bonchev–Trinajstić information content (AvgIpc) is 2.69. The van der Waals surface area contributed by atoms with Gasteiger partial charge in [0.15, 0.2) is 6.29 Å². The van der Waals surface area contributed by atoms with Gasteiger partial charge in [-0.05, 0) is 76.3 Å². The first-order valence-corrected chi connectivity index (χ1v) is 10.3. The molecular formula is C22H33NO4. The molecule has 0 aromatic carbocycles. The lowest BCUT2D eigenvalue weighted by Crippen LogP contribution is -2.22. The highest BCUT2D eigenvalue weighted by atomic mass is 16.7. The third-order valence-corrected chi connectivity index (χ3v) is 4.63. The van der Waals surface area contributed by atoms with Crippen LogP contribution in [0, 0.1) is 0 Å². The number of aryl methyl sites for hydroxylation is 1. The summed E-state index contributed by atoms with van der Waals surface area (Å²) in [7, 11) is 0. The Bertz CT molecular complexity index is 553. The van der Waals surface area contributed by atoms with Crippen molar-refractivity contribution in [1.82, 2.24) is 4.98 Å². The number of rotatable bonds is 12. The fourth-order valence-electron chi connectivity index (χ4n) is 3.20. The zero-order valence-electron chi connectivity index (χ0n) is 16.5. The zero-order chi connectivity index (χ0) is 19.2. The molecule has 1 aromatic heterocycles. The summed E-state index contributed by atoms with van der Waals surface area (Å²) in [4.78, 5) is 16.0. The molecule has 0 radical (unpaired) electrons. The molecule has 1 unspecified atom stereocenters. The molecule has 1 aliphatic heterocycles. The first-order chi connectivity index (χ1) is 13.3. The van der Waals surface area contributed by atoms with Crippen LogP contribution >= 0.6 is 0 Å². The van der Waals surface area contributed by atoms with Crippen molar-refractivity contribution in [2.45, 2.75) is 71.0 Å². The molecule has 1 aliphatic rings. The molecule has 1 aromatic rings. The van der Waals surface area contributed by atoms with Gasteiger partial charge in [0.1, 0.15) is 0 Å². The Balaban J connectivity index is 1.69. The molecule has 1 atom stereocenters. The van der Waals surface area contributed by atoms with E-state index < -0.39 is 0 Å². The van der Waals surface area contributed by atoms with Gasteiger partial charge in [-0.3, -0.25) is 4.98 Å². The minimum Gasteiger partial charge on any atom is -0.463 e. The second-order valence-corrected chi connectivity index (χ2v) is 6.89. The molecule has 1 fully saturated rings. The van der Waals surface area contributed by atoms with Gasteiger partial charge in [0, 0.05) is 31.7 Å². The van der Waals surface area contributed by atoms with Gasteiger partial charge in [-0.2, -0.15) is 0 Å². The van der Waals surface area contributed by atoms with Crippen molar-refractivity contribution in [3.05, 3.63) is 41.7 Å². The van der Waals surface area contributed by atoms with Crippen LogP contribution in [0.2, 0.25) is 0 Å². The van der Waals surface area contributed by atoms with Crippen molar-refractivity contribution < 1.29 is 19.0 Å². The maximum absolute atomic E-state index is 11.8. The van der Waals surface area contributed by atoms with Gasteiger partial charge < -0.3 is 14.2 Å². The normalized spacial score (nSPS) is 17.7. The van der Waals surface area contributed by atoms with Crippen LogP contribution in [0.1, 0.15) is 63.9 Å². The molecule has 5 heteroatoms. The van der Waals surface area contributed by atoms with Gasteiger partial charge in [0.25, 0.3) is 0 Å². The second-order valence-electron chi connectivity index (χ2n) is 6.89. The van der Waals surface area contributed by atoms with Crippen LogP contribution in [-0.2, 0) is 25.4 Å². The summed E-state index contributed by atoms with van der Waals surface area (Å²) in [6.07, 6.45) is 14.4. The van der Waals surface area contributed by atoms with E-state index in [2.05, 4.69) is 11.1 Å². The van der Waals surface area contributed by atoms with Crippen molar-refractivity contribution >= 4 is 5.97 Å². The van der Waals surface area contributed by atoms with Crippen LogP contribution in [0.25, 0.3) is 0 Å². The van der Waals surface area contributed by atoms with Crippen LogP contribution < -0.4 is 0 Å². The van der Waals surface area contributed by atoms with E-state index in [1.807, 2.05) is 19.2 Å². The average molecular weight is 376 g/mol. The first-order valence-electron chi connectivity index (χ1n) is 10.3. The molecule has 0 saturated carbocycles. The molecular weight excluding hydrogens is 342 g/mol. The fraction of sp³-hybridized carbons (Fsp3) is 0.636. The summed E-state index contributed by atoms with van der Waals surface area (Å²) in [5, 5.41) is 0. The van der Waals surface area contributed by atoms with Crippen LogP contribution in [0.15, 0.2) is 36.2 Å². The topological polar surface area (TPSA) is 57.7 Å². The Hall–Kier alpha value is -1.72. The number of unbranched alkanes of at least 4 members (excludes halogenated alkanes) is 1.